The van der Waals surface area contributed by atoms with Crippen LogP contribution in [0.3, 0.4) is 0 Å². The van der Waals surface area contributed by atoms with Gasteiger partial charge in [-0.05, 0) is 43.3 Å². The number of likely N-dealkylation sites (N-methyl/N-ethyl adjacent to an activating group) is 1. The van der Waals surface area contributed by atoms with Crippen molar-refractivity contribution in [2.75, 3.05) is 39.8 Å². The lowest BCUT2D eigenvalue weighted by Crippen LogP contribution is -2.47. The van der Waals surface area contributed by atoms with Gasteiger partial charge in [0.05, 0.1) is 4.90 Å². The van der Waals surface area contributed by atoms with Crippen molar-refractivity contribution in [2.45, 2.75) is 17.4 Å². The fourth-order valence-electron chi connectivity index (χ4n) is 3.40. The third-order valence-electron chi connectivity index (χ3n) is 4.92. The number of halogens is 1. The van der Waals surface area contributed by atoms with Gasteiger partial charge in [0.1, 0.15) is 5.82 Å². The Labute approximate surface area is 160 Å². The van der Waals surface area contributed by atoms with Crippen LogP contribution in [0.15, 0.2) is 59.5 Å². The van der Waals surface area contributed by atoms with Gasteiger partial charge in [0.25, 0.3) is 0 Å². The van der Waals surface area contributed by atoms with Crippen LogP contribution in [0.1, 0.15) is 18.0 Å². The van der Waals surface area contributed by atoms with E-state index in [2.05, 4.69) is 45.8 Å². The van der Waals surface area contributed by atoms with E-state index >= 15 is 0 Å². The minimum Gasteiger partial charge on any atom is -0.303 e. The molecule has 1 heterocycles. The minimum atomic E-state index is -3.60. The number of piperazine rings is 1. The highest BCUT2D eigenvalue weighted by Gasteiger charge is 2.26. The van der Waals surface area contributed by atoms with Crippen molar-refractivity contribution in [2.24, 2.45) is 0 Å². The van der Waals surface area contributed by atoms with Crippen LogP contribution >= 0.6 is 0 Å². The summed E-state index contributed by atoms with van der Waals surface area (Å²) < 4.78 is 40.1. The lowest BCUT2D eigenvalue weighted by atomic mass is 10.0. The van der Waals surface area contributed by atoms with E-state index < -0.39 is 15.8 Å². The summed E-state index contributed by atoms with van der Waals surface area (Å²) in [5.41, 5.74) is 1.29. The molecule has 1 aliphatic rings. The van der Waals surface area contributed by atoms with Crippen LogP contribution in [-0.4, -0.2) is 58.0 Å². The molecule has 3 rings (SSSR count). The van der Waals surface area contributed by atoms with Crippen LogP contribution in [0.4, 0.5) is 4.39 Å². The first kappa shape index (κ1) is 19.9. The zero-order valence-electron chi connectivity index (χ0n) is 15.5. The molecule has 1 aliphatic heterocycles. The van der Waals surface area contributed by atoms with Crippen molar-refractivity contribution in [3.63, 3.8) is 0 Å². The van der Waals surface area contributed by atoms with Gasteiger partial charge >= 0.3 is 0 Å². The van der Waals surface area contributed by atoms with Crippen molar-refractivity contribution in [1.82, 2.24) is 14.5 Å². The molecule has 0 radical (unpaired) electrons. The second-order valence-corrected chi connectivity index (χ2v) is 8.70. The fraction of sp³-hybridized carbons (Fsp3) is 0.400. The second kappa shape index (κ2) is 8.93. The van der Waals surface area contributed by atoms with E-state index in [-0.39, 0.29) is 4.90 Å². The molecule has 7 heteroatoms. The van der Waals surface area contributed by atoms with Crippen LogP contribution < -0.4 is 4.72 Å². The van der Waals surface area contributed by atoms with Gasteiger partial charge in [-0.25, -0.2) is 17.5 Å². The third-order valence-corrected chi connectivity index (χ3v) is 6.39. The number of nitrogens with one attached hydrogen (secondary N) is 1. The molecule has 2 aromatic rings. The normalized spacial score (nSPS) is 19.3. The molecule has 1 N–H and O–H groups in total. The number of rotatable bonds is 7. The summed E-state index contributed by atoms with van der Waals surface area (Å²) in [6.45, 7) is 4.10. The molecule has 0 amide bonds. The fourth-order valence-corrected chi connectivity index (χ4v) is 4.48. The van der Waals surface area contributed by atoms with E-state index in [0.29, 0.717) is 19.0 Å². The molecule has 0 bridgehead atoms. The maximum Gasteiger partial charge on any atom is 0.240 e. The molecule has 27 heavy (non-hydrogen) atoms. The Morgan fingerprint density at radius 1 is 1.07 bits per heavy atom. The van der Waals surface area contributed by atoms with Crippen molar-refractivity contribution >= 4 is 10.0 Å². The molecule has 1 saturated heterocycles. The predicted molar refractivity (Wildman–Crippen MR) is 104 cm³/mol. The van der Waals surface area contributed by atoms with E-state index in [0.717, 1.165) is 38.3 Å². The lowest BCUT2D eigenvalue weighted by Gasteiger charge is -2.40. The van der Waals surface area contributed by atoms with Gasteiger partial charge in [0, 0.05) is 38.8 Å². The monoisotopic (exact) mass is 391 g/mol. The van der Waals surface area contributed by atoms with Crippen LogP contribution in [0.2, 0.25) is 0 Å². The first-order valence-corrected chi connectivity index (χ1v) is 10.7. The molecule has 1 fully saturated rings. The lowest BCUT2D eigenvalue weighted by molar-refractivity contribution is 0.0892. The Balaban J connectivity index is 1.55. The highest BCUT2D eigenvalue weighted by molar-refractivity contribution is 7.89. The van der Waals surface area contributed by atoms with Crippen molar-refractivity contribution in [3.8, 4) is 0 Å². The molecule has 0 spiro atoms. The van der Waals surface area contributed by atoms with Gasteiger partial charge in [-0.15, -0.1) is 0 Å². The van der Waals surface area contributed by atoms with Gasteiger partial charge in [-0.3, -0.25) is 4.90 Å². The summed E-state index contributed by atoms with van der Waals surface area (Å²) in [4.78, 5) is 4.83. The third kappa shape index (κ3) is 5.35. The number of hydrogen-bond acceptors (Lipinski definition) is 4. The highest BCUT2D eigenvalue weighted by atomic mass is 32.2. The van der Waals surface area contributed by atoms with E-state index in [9.17, 15) is 12.8 Å². The Bertz CT molecular complexity index is 828. The molecule has 0 unspecified atom stereocenters. The van der Waals surface area contributed by atoms with Gasteiger partial charge in [-0.2, -0.15) is 0 Å². The largest absolute Gasteiger partial charge is 0.303 e. The minimum absolute atomic E-state index is 0.0886. The number of sulfonamides is 1. The summed E-state index contributed by atoms with van der Waals surface area (Å²) >= 11 is 0. The molecule has 0 aromatic heterocycles. The molecule has 0 saturated carbocycles. The van der Waals surface area contributed by atoms with E-state index in [1.807, 2.05) is 6.07 Å². The van der Waals surface area contributed by atoms with Crippen LogP contribution in [-0.2, 0) is 10.0 Å². The molecular formula is C20H26FN3O2S. The first-order valence-electron chi connectivity index (χ1n) is 9.18. The van der Waals surface area contributed by atoms with Crippen LogP contribution in [0.25, 0.3) is 0 Å². The molecule has 0 aliphatic carbocycles. The summed E-state index contributed by atoms with van der Waals surface area (Å²) in [6.07, 6.45) is 0.716. The smallest absolute Gasteiger partial charge is 0.240 e. The summed E-state index contributed by atoms with van der Waals surface area (Å²) in [5.74, 6) is -0.448. The molecule has 146 valence electrons. The van der Waals surface area contributed by atoms with Crippen LogP contribution in [0.5, 0.6) is 0 Å². The van der Waals surface area contributed by atoms with Gasteiger partial charge < -0.3 is 4.90 Å². The van der Waals surface area contributed by atoms with Gasteiger partial charge in [0.15, 0.2) is 0 Å². The quantitative estimate of drug-likeness (QED) is 0.737. The Morgan fingerprint density at radius 3 is 2.48 bits per heavy atom. The first-order chi connectivity index (χ1) is 13.0. The van der Waals surface area contributed by atoms with E-state index in [1.165, 1.54) is 17.7 Å². The summed E-state index contributed by atoms with van der Waals surface area (Å²) in [5, 5.41) is 0. The summed E-state index contributed by atoms with van der Waals surface area (Å²) in [7, 11) is -1.47. The summed E-state index contributed by atoms with van der Waals surface area (Å²) in [6, 6.07) is 15.6. The Kier molecular flexibility index (Phi) is 6.59. The van der Waals surface area contributed by atoms with Crippen molar-refractivity contribution < 1.29 is 12.8 Å². The topological polar surface area (TPSA) is 52.6 Å². The number of benzene rings is 2. The Morgan fingerprint density at radius 2 is 1.78 bits per heavy atom. The van der Waals surface area contributed by atoms with Crippen molar-refractivity contribution in [1.29, 1.82) is 0 Å². The predicted octanol–water partition coefficient (Wildman–Crippen LogP) is 2.48. The standard InChI is InChI=1S/C20H26FN3O2S/c1-23-14-15-24(20(16-23)17-6-3-2-4-7-17)13-5-12-22-27(25,26)19-10-8-18(21)9-11-19/h2-4,6-11,20,22H,5,12-16H2,1H3/t20-/m1/s1. The van der Waals surface area contributed by atoms with Gasteiger partial charge in [-0.1, -0.05) is 30.3 Å². The zero-order chi connectivity index (χ0) is 19.3. The average Bonchev–Trinajstić information content (AvgIpc) is 2.67. The maximum absolute atomic E-state index is 13.0. The zero-order valence-corrected chi connectivity index (χ0v) is 16.3. The molecular weight excluding hydrogens is 365 g/mol. The van der Waals surface area contributed by atoms with E-state index in [1.54, 1.807) is 0 Å². The Hall–Kier alpha value is -1.80. The number of nitrogens with zero attached hydrogens (tertiary/aromatic N) is 2. The van der Waals surface area contributed by atoms with Crippen LogP contribution in [0, 0.1) is 5.82 Å². The number of hydrogen-bond donors (Lipinski definition) is 1. The molecule has 5 nitrogen and oxygen atoms in total. The van der Waals surface area contributed by atoms with E-state index in [4.69, 9.17) is 0 Å². The SMILES string of the molecule is CN1CCN(CCCNS(=O)(=O)c2ccc(F)cc2)[C@@H](c2ccccc2)C1. The van der Waals surface area contributed by atoms with Gasteiger partial charge in [0.2, 0.25) is 10.0 Å². The highest BCUT2D eigenvalue weighted by Crippen LogP contribution is 2.24. The molecule has 1 atom stereocenters. The molecule has 2 aromatic carbocycles. The maximum atomic E-state index is 13.0. The van der Waals surface area contributed by atoms with Crippen molar-refractivity contribution in [3.05, 3.63) is 66.0 Å². The second-order valence-electron chi connectivity index (χ2n) is 6.93. The average molecular weight is 392 g/mol.